The van der Waals surface area contributed by atoms with E-state index in [1.165, 1.54) is 10.4 Å². The van der Waals surface area contributed by atoms with Crippen LogP contribution in [0.3, 0.4) is 0 Å². The molecule has 0 aliphatic carbocycles. The van der Waals surface area contributed by atoms with Crippen molar-refractivity contribution < 1.29 is 5.11 Å². The fourth-order valence-corrected chi connectivity index (χ4v) is 2.90. The van der Waals surface area contributed by atoms with Crippen LogP contribution in [0.15, 0.2) is 16.4 Å². The van der Waals surface area contributed by atoms with Crippen LogP contribution in [0, 0.1) is 6.92 Å². The molecule has 0 saturated carbocycles. The minimum absolute atomic E-state index is 0. The van der Waals surface area contributed by atoms with Crippen molar-refractivity contribution in [3.8, 4) is 0 Å². The fraction of sp³-hybridized carbons (Fsp3) is 0.615. The molecule has 1 aliphatic rings. The lowest BCUT2D eigenvalue weighted by Gasteiger charge is -2.20. The van der Waals surface area contributed by atoms with E-state index < -0.39 is 0 Å². The van der Waals surface area contributed by atoms with Crippen LogP contribution in [-0.4, -0.2) is 41.7 Å². The molecule has 6 heteroatoms. The number of β-amino-alcohol motifs (C(OH)–C–C–N with tert-alkyl or cyclic N) is 1. The van der Waals surface area contributed by atoms with Gasteiger partial charge in [0.05, 0.1) is 12.6 Å². The molecule has 2 rings (SSSR count). The molecule has 1 fully saturated rings. The summed E-state index contributed by atoms with van der Waals surface area (Å²) in [5, 5.41) is 15.0. The first-order chi connectivity index (χ1) is 8.70. The summed E-state index contributed by atoms with van der Waals surface area (Å²) in [6, 6.07) is 2.13. The Labute approximate surface area is 135 Å². The zero-order chi connectivity index (χ0) is 13.0. The quantitative estimate of drug-likeness (QED) is 0.469. The Morgan fingerprint density at radius 3 is 2.95 bits per heavy atom. The molecule has 2 N–H and O–H groups in total. The highest BCUT2D eigenvalue weighted by molar-refractivity contribution is 14.0. The lowest BCUT2D eigenvalue weighted by molar-refractivity contribution is 0.188. The van der Waals surface area contributed by atoms with E-state index in [0.29, 0.717) is 6.54 Å². The van der Waals surface area contributed by atoms with Crippen molar-refractivity contribution in [1.82, 2.24) is 10.2 Å². The van der Waals surface area contributed by atoms with Crippen LogP contribution >= 0.6 is 35.3 Å². The number of hydrogen-bond donors (Lipinski definition) is 2. The fourth-order valence-electron chi connectivity index (χ4n) is 2.07. The molecule has 1 aromatic heterocycles. The molecular weight excluding hydrogens is 373 g/mol. The van der Waals surface area contributed by atoms with E-state index >= 15 is 0 Å². The van der Waals surface area contributed by atoms with E-state index in [9.17, 15) is 5.11 Å². The maximum Gasteiger partial charge on any atom is 0.194 e. The highest BCUT2D eigenvalue weighted by Crippen LogP contribution is 2.17. The first kappa shape index (κ1) is 16.7. The smallest absolute Gasteiger partial charge is 0.194 e. The maximum atomic E-state index is 9.59. The van der Waals surface area contributed by atoms with Crippen molar-refractivity contribution in [3.05, 3.63) is 21.9 Å². The number of aliphatic hydroxyl groups excluding tert-OH is 1. The number of guanidine groups is 1. The Morgan fingerprint density at radius 1 is 1.63 bits per heavy atom. The van der Waals surface area contributed by atoms with Crippen LogP contribution < -0.4 is 5.32 Å². The second-order valence-corrected chi connectivity index (χ2v) is 5.59. The van der Waals surface area contributed by atoms with E-state index in [4.69, 9.17) is 0 Å². The number of aryl methyl sites for hydroxylation is 1. The van der Waals surface area contributed by atoms with Crippen LogP contribution in [0.4, 0.5) is 0 Å². The Morgan fingerprint density at radius 2 is 2.42 bits per heavy atom. The van der Waals surface area contributed by atoms with Crippen molar-refractivity contribution in [1.29, 1.82) is 0 Å². The van der Waals surface area contributed by atoms with Gasteiger partial charge in [0.15, 0.2) is 5.96 Å². The number of nitrogens with zero attached hydrogens (tertiary/aromatic N) is 2. The van der Waals surface area contributed by atoms with E-state index in [1.54, 1.807) is 11.3 Å². The van der Waals surface area contributed by atoms with Gasteiger partial charge in [-0.05, 0) is 37.3 Å². The van der Waals surface area contributed by atoms with E-state index in [0.717, 1.165) is 32.0 Å². The van der Waals surface area contributed by atoms with Gasteiger partial charge in [-0.1, -0.05) is 0 Å². The third kappa shape index (κ3) is 4.61. The van der Waals surface area contributed by atoms with E-state index in [1.807, 2.05) is 0 Å². The number of nitrogens with one attached hydrogen (secondary N) is 1. The lowest BCUT2D eigenvalue weighted by Crippen LogP contribution is -2.40. The van der Waals surface area contributed by atoms with Crippen LogP contribution in [-0.2, 0) is 6.54 Å². The SMILES string of the molecule is CCNC(=NCc1sccc1C)N1CC[C@@H](O)C1.I. The largest absolute Gasteiger partial charge is 0.391 e. The summed E-state index contributed by atoms with van der Waals surface area (Å²) >= 11 is 1.75. The Hall–Kier alpha value is -0.340. The van der Waals surface area contributed by atoms with Gasteiger partial charge in [-0.15, -0.1) is 35.3 Å². The van der Waals surface area contributed by atoms with Gasteiger partial charge >= 0.3 is 0 Å². The zero-order valence-electron chi connectivity index (χ0n) is 11.4. The summed E-state index contributed by atoms with van der Waals surface area (Å²) < 4.78 is 0. The summed E-state index contributed by atoms with van der Waals surface area (Å²) in [5.74, 6) is 0.918. The third-order valence-corrected chi connectivity index (χ3v) is 4.15. The van der Waals surface area contributed by atoms with Gasteiger partial charge in [-0.25, -0.2) is 4.99 Å². The predicted octanol–water partition coefficient (Wildman–Crippen LogP) is 2.21. The second-order valence-electron chi connectivity index (χ2n) is 4.59. The maximum absolute atomic E-state index is 9.59. The van der Waals surface area contributed by atoms with Crippen molar-refractivity contribution in [3.63, 3.8) is 0 Å². The number of hydrogen-bond acceptors (Lipinski definition) is 3. The van der Waals surface area contributed by atoms with E-state index in [-0.39, 0.29) is 30.1 Å². The molecule has 0 spiro atoms. The molecule has 1 aromatic rings. The van der Waals surface area contributed by atoms with Gasteiger partial charge in [0.2, 0.25) is 0 Å². The molecule has 4 nitrogen and oxygen atoms in total. The van der Waals surface area contributed by atoms with Gasteiger partial charge in [0.1, 0.15) is 0 Å². The molecule has 0 bridgehead atoms. The molecule has 0 aromatic carbocycles. The molecule has 1 aliphatic heterocycles. The summed E-state index contributed by atoms with van der Waals surface area (Å²) in [4.78, 5) is 8.11. The van der Waals surface area contributed by atoms with Crippen molar-refractivity contribution >= 4 is 41.3 Å². The van der Waals surface area contributed by atoms with Crippen LogP contribution in [0.2, 0.25) is 0 Å². The molecule has 1 saturated heterocycles. The third-order valence-electron chi connectivity index (χ3n) is 3.14. The molecule has 108 valence electrons. The minimum Gasteiger partial charge on any atom is -0.391 e. The number of aliphatic imine (C=N–C) groups is 1. The average Bonchev–Trinajstić information content (AvgIpc) is 2.94. The van der Waals surface area contributed by atoms with Gasteiger partial charge in [0.25, 0.3) is 0 Å². The molecule has 2 heterocycles. The molecule has 19 heavy (non-hydrogen) atoms. The van der Waals surface area contributed by atoms with Crippen molar-refractivity contribution in [2.24, 2.45) is 4.99 Å². The zero-order valence-corrected chi connectivity index (χ0v) is 14.6. The highest BCUT2D eigenvalue weighted by atomic mass is 127. The summed E-state index contributed by atoms with van der Waals surface area (Å²) in [6.45, 7) is 7.34. The van der Waals surface area contributed by atoms with Gasteiger partial charge in [-0.2, -0.15) is 0 Å². The Bertz CT molecular complexity index is 422. The minimum atomic E-state index is -0.211. The average molecular weight is 395 g/mol. The van der Waals surface area contributed by atoms with Gasteiger partial charge in [0, 0.05) is 24.5 Å². The van der Waals surface area contributed by atoms with Crippen LogP contribution in [0.25, 0.3) is 0 Å². The summed E-state index contributed by atoms with van der Waals surface area (Å²) in [6.07, 6.45) is 0.625. The first-order valence-electron chi connectivity index (χ1n) is 6.45. The summed E-state index contributed by atoms with van der Waals surface area (Å²) in [5.41, 5.74) is 1.31. The lowest BCUT2D eigenvalue weighted by atomic mass is 10.3. The standard InChI is InChI=1S/C13H21N3OS.HI/c1-3-14-13(16-6-4-11(17)9-16)15-8-12-10(2)5-7-18-12;/h5,7,11,17H,3-4,6,8-9H2,1-2H3,(H,14,15);1H/t11-;/m1./s1. The monoisotopic (exact) mass is 395 g/mol. The first-order valence-corrected chi connectivity index (χ1v) is 7.33. The molecular formula is C13H22IN3OS. The molecule has 0 amide bonds. The van der Waals surface area contributed by atoms with Gasteiger partial charge < -0.3 is 15.3 Å². The molecule has 0 radical (unpaired) electrons. The number of likely N-dealkylation sites (tertiary alicyclic amines) is 1. The Balaban J connectivity index is 0.00000180. The number of rotatable bonds is 3. The van der Waals surface area contributed by atoms with Gasteiger partial charge in [-0.3, -0.25) is 0 Å². The normalized spacial score (nSPS) is 19.4. The number of halogens is 1. The number of thiophene rings is 1. The highest BCUT2D eigenvalue weighted by Gasteiger charge is 2.22. The van der Waals surface area contributed by atoms with Crippen LogP contribution in [0.5, 0.6) is 0 Å². The summed E-state index contributed by atoms with van der Waals surface area (Å²) in [7, 11) is 0. The van der Waals surface area contributed by atoms with Crippen LogP contribution in [0.1, 0.15) is 23.8 Å². The molecule has 0 unspecified atom stereocenters. The number of aliphatic hydroxyl groups is 1. The van der Waals surface area contributed by atoms with Crippen molar-refractivity contribution in [2.45, 2.75) is 32.9 Å². The van der Waals surface area contributed by atoms with Crippen molar-refractivity contribution in [2.75, 3.05) is 19.6 Å². The Kier molecular flexibility index (Phi) is 7.09. The second kappa shape index (κ2) is 8.06. The topological polar surface area (TPSA) is 47.9 Å². The molecule has 1 atom stereocenters. The predicted molar refractivity (Wildman–Crippen MR) is 91.5 cm³/mol. The van der Waals surface area contributed by atoms with E-state index in [2.05, 4.69) is 40.5 Å².